The highest BCUT2D eigenvalue weighted by Gasteiger charge is 2.35. The third kappa shape index (κ3) is 7.58. The number of carbonyl (C=O) groups excluding carboxylic acids is 1. The Bertz CT molecular complexity index is 1550. The predicted octanol–water partition coefficient (Wildman–Crippen LogP) is 6.40. The van der Waals surface area contributed by atoms with Gasteiger partial charge in [0.2, 0.25) is 5.91 Å². The fraction of sp³-hybridized carbons (Fsp3) is 0.323. The van der Waals surface area contributed by atoms with Crippen LogP contribution in [0.3, 0.4) is 0 Å². The van der Waals surface area contributed by atoms with Crippen LogP contribution in [0.5, 0.6) is 0 Å². The molecule has 3 heterocycles. The monoisotopic (exact) mass is 594 g/mol. The molecule has 220 valence electrons. The van der Waals surface area contributed by atoms with Crippen molar-refractivity contribution in [2.24, 2.45) is 0 Å². The Morgan fingerprint density at radius 2 is 2.02 bits per heavy atom. The third-order valence-corrected chi connectivity index (χ3v) is 8.33. The second kappa shape index (κ2) is 13.1. The molecular formula is C31H33F3N6OS. The van der Waals surface area contributed by atoms with Gasteiger partial charge in [-0.2, -0.15) is 18.3 Å². The summed E-state index contributed by atoms with van der Waals surface area (Å²) in [4.78, 5) is 22.0. The first-order chi connectivity index (χ1) is 20.2. The van der Waals surface area contributed by atoms with Crippen molar-refractivity contribution in [2.75, 3.05) is 38.3 Å². The lowest BCUT2D eigenvalue weighted by Crippen LogP contribution is -2.31. The van der Waals surface area contributed by atoms with Gasteiger partial charge in [-0.3, -0.25) is 19.8 Å². The number of nitrogens with one attached hydrogen (secondary N) is 2. The van der Waals surface area contributed by atoms with Crippen molar-refractivity contribution in [3.8, 4) is 0 Å². The second-order valence-corrected chi connectivity index (χ2v) is 11.7. The predicted molar refractivity (Wildman–Crippen MR) is 162 cm³/mol. The largest absolute Gasteiger partial charge is 0.416 e. The van der Waals surface area contributed by atoms with Crippen molar-refractivity contribution in [1.82, 2.24) is 25.0 Å². The first kappa shape index (κ1) is 29.8. The smallest absolute Gasteiger partial charge is 0.326 e. The Morgan fingerprint density at radius 1 is 1.17 bits per heavy atom. The van der Waals surface area contributed by atoms with E-state index in [1.807, 2.05) is 67.5 Å². The molecule has 0 aliphatic carbocycles. The Morgan fingerprint density at radius 3 is 2.76 bits per heavy atom. The van der Waals surface area contributed by atoms with Crippen LogP contribution in [0, 0.1) is 0 Å². The van der Waals surface area contributed by atoms with Gasteiger partial charge in [0.05, 0.1) is 22.5 Å². The molecule has 1 fully saturated rings. The number of pyridine rings is 1. The highest BCUT2D eigenvalue weighted by molar-refractivity contribution is 7.99. The molecular weight excluding hydrogens is 561 g/mol. The standard InChI is InChI=1S/C31H33F3N6OS/c1-39(2)24-12-15-40(20-24)19-21-6-7-23(17-27(21)31(32,33)34)36-30(41)13-16-42-25-9-10-26-28(37-38-29(26)18-25)11-8-22-5-3-4-14-35-22/h3-11,14,17-18,24H,12-13,15-16,19-20H2,1-2H3,(H,36,41)(H,37,38)/b11-8+. The van der Waals surface area contributed by atoms with E-state index in [0.29, 0.717) is 11.8 Å². The first-order valence-electron chi connectivity index (χ1n) is 13.7. The summed E-state index contributed by atoms with van der Waals surface area (Å²) in [5, 5.41) is 11.0. The number of nitrogens with zero attached hydrogens (tertiary/aromatic N) is 4. The molecule has 1 atom stereocenters. The van der Waals surface area contributed by atoms with E-state index in [1.165, 1.54) is 17.8 Å². The van der Waals surface area contributed by atoms with Gasteiger partial charge in [-0.25, -0.2) is 0 Å². The zero-order chi connectivity index (χ0) is 29.7. The van der Waals surface area contributed by atoms with Gasteiger partial charge in [-0.1, -0.05) is 12.1 Å². The molecule has 0 spiro atoms. The number of benzene rings is 2. The fourth-order valence-corrected chi connectivity index (χ4v) is 5.92. The van der Waals surface area contributed by atoms with Crippen LogP contribution in [-0.4, -0.2) is 69.9 Å². The lowest BCUT2D eigenvalue weighted by molar-refractivity contribution is -0.138. The molecule has 2 N–H and O–H groups in total. The minimum Gasteiger partial charge on any atom is -0.326 e. The molecule has 1 aliphatic heterocycles. The first-order valence-corrected chi connectivity index (χ1v) is 14.7. The third-order valence-electron chi connectivity index (χ3n) is 7.33. The normalized spacial score (nSPS) is 16.2. The van der Waals surface area contributed by atoms with Crippen LogP contribution in [0.2, 0.25) is 0 Å². The van der Waals surface area contributed by atoms with Gasteiger partial charge in [0, 0.05) is 60.0 Å². The number of carbonyl (C=O) groups is 1. The van der Waals surface area contributed by atoms with Gasteiger partial charge in [0.15, 0.2) is 0 Å². The van der Waals surface area contributed by atoms with E-state index in [0.717, 1.165) is 52.8 Å². The maximum absolute atomic E-state index is 13.9. The Balaban J connectivity index is 1.15. The van der Waals surface area contributed by atoms with Crippen LogP contribution < -0.4 is 5.32 Å². The number of likely N-dealkylation sites (tertiary alicyclic amines) is 1. The van der Waals surface area contributed by atoms with Crippen molar-refractivity contribution in [1.29, 1.82) is 0 Å². The summed E-state index contributed by atoms with van der Waals surface area (Å²) < 4.78 is 41.7. The SMILES string of the molecule is CN(C)C1CCN(Cc2ccc(NC(=O)CCSc3ccc4c(/C=C/c5ccccn5)n[nH]c4c3)cc2C(F)(F)F)C1. The number of aromatic nitrogens is 3. The van der Waals surface area contributed by atoms with E-state index in [1.54, 1.807) is 12.3 Å². The number of hydrogen-bond donors (Lipinski definition) is 2. The van der Waals surface area contributed by atoms with Crippen LogP contribution in [0.15, 0.2) is 65.7 Å². The number of alkyl halides is 3. The highest BCUT2D eigenvalue weighted by Crippen LogP contribution is 2.35. The van der Waals surface area contributed by atoms with Crippen LogP contribution in [0.1, 0.15) is 35.4 Å². The zero-order valence-corrected chi connectivity index (χ0v) is 24.3. The molecule has 1 unspecified atom stereocenters. The number of fused-ring (bicyclic) bond motifs is 1. The summed E-state index contributed by atoms with van der Waals surface area (Å²) in [5.74, 6) is 0.144. The number of likely N-dealkylation sites (N-methyl/N-ethyl adjacent to an activating group) is 1. The molecule has 1 aliphatic rings. The van der Waals surface area contributed by atoms with Gasteiger partial charge >= 0.3 is 6.18 Å². The maximum atomic E-state index is 13.9. The number of aromatic amines is 1. The molecule has 0 saturated carbocycles. The molecule has 1 amide bonds. The summed E-state index contributed by atoms with van der Waals surface area (Å²) in [7, 11) is 3.98. The fourth-order valence-electron chi connectivity index (χ4n) is 5.03. The molecule has 7 nitrogen and oxygen atoms in total. The van der Waals surface area contributed by atoms with E-state index >= 15 is 0 Å². The Kier molecular flexibility index (Phi) is 9.30. The minimum absolute atomic E-state index is 0.152. The molecule has 42 heavy (non-hydrogen) atoms. The molecule has 5 rings (SSSR count). The van der Waals surface area contributed by atoms with Gasteiger partial charge < -0.3 is 10.2 Å². The summed E-state index contributed by atoms with van der Waals surface area (Å²) in [6.07, 6.45) is 2.12. The summed E-state index contributed by atoms with van der Waals surface area (Å²) >= 11 is 1.50. The number of halogens is 3. The van der Waals surface area contributed by atoms with Crippen LogP contribution in [0.4, 0.5) is 18.9 Å². The van der Waals surface area contributed by atoms with E-state index in [9.17, 15) is 18.0 Å². The van der Waals surface area contributed by atoms with Crippen LogP contribution in [-0.2, 0) is 17.5 Å². The second-order valence-electron chi connectivity index (χ2n) is 10.6. The van der Waals surface area contributed by atoms with Gasteiger partial charge in [0.1, 0.15) is 0 Å². The molecule has 11 heteroatoms. The summed E-state index contributed by atoms with van der Waals surface area (Å²) in [6, 6.07) is 16.0. The topological polar surface area (TPSA) is 77.2 Å². The maximum Gasteiger partial charge on any atom is 0.416 e. The van der Waals surface area contributed by atoms with Crippen LogP contribution in [0.25, 0.3) is 23.1 Å². The summed E-state index contributed by atoms with van der Waals surface area (Å²) in [5.41, 5.74) is 2.18. The number of rotatable bonds is 10. The number of amides is 1. The van der Waals surface area contributed by atoms with E-state index in [-0.39, 0.29) is 30.1 Å². The lowest BCUT2D eigenvalue weighted by atomic mass is 10.1. The van der Waals surface area contributed by atoms with Crippen molar-refractivity contribution >= 4 is 46.4 Å². The molecule has 0 bridgehead atoms. The number of H-pyrrole nitrogens is 1. The molecule has 0 radical (unpaired) electrons. The van der Waals surface area contributed by atoms with Gasteiger partial charge in [-0.15, -0.1) is 11.8 Å². The van der Waals surface area contributed by atoms with Crippen molar-refractivity contribution < 1.29 is 18.0 Å². The van der Waals surface area contributed by atoms with Gasteiger partial charge in [0.25, 0.3) is 0 Å². The zero-order valence-electron chi connectivity index (χ0n) is 23.5. The van der Waals surface area contributed by atoms with Crippen molar-refractivity contribution in [3.05, 3.63) is 83.3 Å². The van der Waals surface area contributed by atoms with Crippen LogP contribution >= 0.6 is 11.8 Å². The number of anilines is 1. The summed E-state index contributed by atoms with van der Waals surface area (Å²) in [6.45, 7) is 1.72. The Hall–Kier alpha value is -3.67. The number of hydrogen-bond acceptors (Lipinski definition) is 6. The van der Waals surface area contributed by atoms with Crippen molar-refractivity contribution in [2.45, 2.75) is 36.5 Å². The average molecular weight is 595 g/mol. The quantitative estimate of drug-likeness (QED) is 0.207. The minimum atomic E-state index is -4.51. The highest BCUT2D eigenvalue weighted by atomic mass is 32.2. The number of thioether (sulfide) groups is 1. The molecule has 1 saturated heterocycles. The van der Waals surface area contributed by atoms with E-state index < -0.39 is 11.7 Å². The van der Waals surface area contributed by atoms with Gasteiger partial charge in [-0.05, 0) is 80.7 Å². The lowest BCUT2D eigenvalue weighted by Gasteiger charge is -2.22. The van der Waals surface area contributed by atoms with Crippen molar-refractivity contribution in [3.63, 3.8) is 0 Å². The molecule has 4 aromatic rings. The average Bonchev–Trinajstić information content (AvgIpc) is 3.60. The van der Waals surface area contributed by atoms with E-state index in [2.05, 4.69) is 25.4 Å². The molecule has 2 aromatic carbocycles. The van der Waals surface area contributed by atoms with E-state index in [4.69, 9.17) is 0 Å². The molecule has 2 aromatic heterocycles. The Labute approximate surface area is 247 Å².